The summed E-state index contributed by atoms with van der Waals surface area (Å²) in [4.78, 5) is 30.2. The number of nitrogens with zero attached hydrogens (tertiary/aromatic N) is 5. The van der Waals surface area contributed by atoms with Crippen molar-refractivity contribution < 1.29 is 4.79 Å². The van der Waals surface area contributed by atoms with Gasteiger partial charge in [-0.2, -0.15) is 0 Å². The van der Waals surface area contributed by atoms with Gasteiger partial charge in [0, 0.05) is 51.4 Å². The van der Waals surface area contributed by atoms with Crippen LogP contribution in [0.25, 0.3) is 10.2 Å². The van der Waals surface area contributed by atoms with Gasteiger partial charge in [0.1, 0.15) is 0 Å². The van der Waals surface area contributed by atoms with Crippen molar-refractivity contribution in [3.63, 3.8) is 0 Å². The van der Waals surface area contributed by atoms with Gasteiger partial charge in [-0.15, -0.1) is 11.3 Å². The Morgan fingerprint density at radius 2 is 2.04 bits per heavy atom. The summed E-state index contributed by atoms with van der Waals surface area (Å²) in [5.74, 6) is 0.674. The zero-order chi connectivity index (χ0) is 19.1. The molecule has 2 aliphatic heterocycles. The zero-order valence-corrected chi connectivity index (χ0v) is 16.6. The Bertz CT molecular complexity index is 1030. The van der Waals surface area contributed by atoms with Crippen molar-refractivity contribution in [2.45, 2.75) is 19.4 Å². The smallest absolute Gasteiger partial charge is 0.254 e. The standard InChI is InChI=1S/C20H22N6OS/c1-13(14-2-3-18-17(10-14)23-12-28-18)25-6-8-26(9-7-25)20-22-11-15-16(24-20)4-5-21-19(15)27/h2-3,10-13H,4-9H2,1H3,(H,21,27)/t13-/m1/s1. The third kappa shape index (κ3) is 3.12. The lowest BCUT2D eigenvalue weighted by molar-refractivity contribution is 0.0944. The maximum atomic E-state index is 11.9. The summed E-state index contributed by atoms with van der Waals surface area (Å²) in [5.41, 5.74) is 5.77. The Labute approximate surface area is 167 Å². The van der Waals surface area contributed by atoms with Crippen LogP contribution in [0.3, 0.4) is 0 Å². The third-order valence-corrected chi connectivity index (χ3v) is 6.54. The van der Waals surface area contributed by atoms with E-state index in [0.29, 0.717) is 18.2 Å². The van der Waals surface area contributed by atoms with Crippen molar-refractivity contribution in [3.05, 3.63) is 46.7 Å². The fourth-order valence-electron chi connectivity index (χ4n) is 3.98. The van der Waals surface area contributed by atoms with E-state index in [1.807, 2.05) is 5.51 Å². The van der Waals surface area contributed by atoms with Crippen LogP contribution in [0.4, 0.5) is 5.95 Å². The van der Waals surface area contributed by atoms with Gasteiger partial charge < -0.3 is 10.2 Å². The van der Waals surface area contributed by atoms with E-state index in [9.17, 15) is 4.79 Å². The molecule has 3 aromatic rings. The Balaban J connectivity index is 1.27. The molecule has 0 aliphatic carbocycles. The first-order valence-corrected chi connectivity index (χ1v) is 10.5. The van der Waals surface area contributed by atoms with E-state index in [1.165, 1.54) is 10.3 Å². The summed E-state index contributed by atoms with van der Waals surface area (Å²) in [6.45, 7) is 6.59. The van der Waals surface area contributed by atoms with Crippen LogP contribution in [-0.4, -0.2) is 58.5 Å². The van der Waals surface area contributed by atoms with Crippen LogP contribution in [0.2, 0.25) is 0 Å². The maximum Gasteiger partial charge on any atom is 0.254 e. The molecule has 8 heteroatoms. The maximum absolute atomic E-state index is 11.9. The Hall–Kier alpha value is -2.58. The zero-order valence-electron chi connectivity index (χ0n) is 15.8. The van der Waals surface area contributed by atoms with E-state index in [0.717, 1.165) is 49.8 Å². The number of aromatic nitrogens is 3. The third-order valence-electron chi connectivity index (χ3n) is 5.73. The molecular weight excluding hydrogens is 372 g/mol. The monoisotopic (exact) mass is 394 g/mol. The Kier molecular flexibility index (Phi) is 4.44. The van der Waals surface area contributed by atoms with E-state index in [-0.39, 0.29) is 5.91 Å². The molecule has 2 aliphatic rings. The van der Waals surface area contributed by atoms with E-state index >= 15 is 0 Å². The molecule has 0 unspecified atom stereocenters. The quantitative estimate of drug-likeness (QED) is 0.735. The van der Waals surface area contributed by atoms with E-state index in [4.69, 9.17) is 0 Å². The van der Waals surface area contributed by atoms with E-state index in [2.05, 4.69) is 55.2 Å². The first kappa shape index (κ1) is 17.5. The second-order valence-corrected chi connectivity index (χ2v) is 8.20. The molecule has 4 heterocycles. The van der Waals surface area contributed by atoms with Crippen molar-refractivity contribution in [3.8, 4) is 0 Å². The number of hydrogen-bond acceptors (Lipinski definition) is 7. The van der Waals surface area contributed by atoms with E-state index < -0.39 is 0 Å². The molecule has 28 heavy (non-hydrogen) atoms. The van der Waals surface area contributed by atoms with Gasteiger partial charge in [0.2, 0.25) is 5.95 Å². The van der Waals surface area contributed by atoms with Crippen LogP contribution in [0, 0.1) is 0 Å². The predicted molar refractivity (Wildman–Crippen MR) is 110 cm³/mol. The minimum Gasteiger partial charge on any atom is -0.352 e. The summed E-state index contributed by atoms with van der Waals surface area (Å²) in [7, 11) is 0. The molecule has 1 amide bonds. The largest absolute Gasteiger partial charge is 0.352 e. The minimum atomic E-state index is -0.0662. The molecule has 144 valence electrons. The van der Waals surface area contributed by atoms with Gasteiger partial charge >= 0.3 is 0 Å². The molecular formula is C20H22N6OS. The lowest BCUT2D eigenvalue weighted by atomic mass is 10.1. The number of amides is 1. The Morgan fingerprint density at radius 1 is 1.18 bits per heavy atom. The number of nitrogens with one attached hydrogen (secondary N) is 1. The fourth-order valence-corrected chi connectivity index (χ4v) is 4.64. The average molecular weight is 395 g/mol. The van der Waals surface area contributed by atoms with Crippen molar-refractivity contribution in [2.75, 3.05) is 37.6 Å². The molecule has 2 aromatic heterocycles. The molecule has 0 spiro atoms. The van der Waals surface area contributed by atoms with Gasteiger partial charge in [-0.25, -0.2) is 15.0 Å². The Morgan fingerprint density at radius 3 is 2.89 bits per heavy atom. The van der Waals surface area contributed by atoms with E-state index in [1.54, 1.807) is 17.5 Å². The molecule has 7 nitrogen and oxygen atoms in total. The van der Waals surface area contributed by atoms with Gasteiger partial charge in [-0.05, 0) is 24.6 Å². The number of fused-ring (bicyclic) bond motifs is 2. The SMILES string of the molecule is C[C@H](c1ccc2scnc2c1)N1CCN(c2ncc3c(n2)CCNC3=O)CC1. The van der Waals surface area contributed by atoms with Gasteiger partial charge in [0.15, 0.2) is 0 Å². The summed E-state index contributed by atoms with van der Waals surface area (Å²) >= 11 is 1.68. The summed E-state index contributed by atoms with van der Waals surface area (Å²) < 4.78 is 1.24. The van der Waals surface area contributed by atoms with Crippen LogP contribution in [0.5, 0.6) is 0 Å². The normalized spacial score (nSPS) is 18.8. The molecule has 1 saturated heterocycles. The van der Waals surface area contributed by atoms with Gasteiger partial charge in [-0.1, -0.05) is 6.07 Å². The van der Waals surface area contributed by atoms with Crippen LogP contribution in [-0.2, 0) is 6.42 Å². The second kappa shape index (κ2) is 7.10. The first-order valence-electron chi connectivity index (χ1n) is 9.65. The van der Waals surface area contributed by atoms with Crippen molar-refractivity contribution >= 4 is 33.4 Å². The number of carbonyl (C=O) groups is 1. The molecule has 0 bridgehead atoms. The summed E-state index contributed by atoms with van der Waals surface area (Å²) in [6.07, 6.45) is 2.44. The first-order chi connectivity index (χ1) is 13.7. The van der Waals surface area contributed by atoms with Crippen LogP contribution in [0.1, 0.15) is 34.6 Å². The average Bonchev–Trinajstić information content (AvgIpc) is 3.21. The number of rotatable bonds is 3. The molecule has 1 aromatic carbocycles. The van der Waals surface area contributed by atoms with Gasteiger partial charge in [0.05, 0.1) is 27.0 Å². The van der Waals surface area contributed by atoms with Crippen molar-refractivity contribution in [1.82, 2.24) is 25.2 Å². The highest BCUT2D eigenvalue weighted by Gasteiger charge is 2.25. The number of piperazine rings is 1. The number of benzene rings is 1. The molecule has 0 radical (unpaired) electrons. The lowest BCUT2D eigenvalue weighted by Crippen LogP contribution is -2.48. The molecule has 1 fully saturated rings. The van der Waals surface area contributed by atoms with Crippen molar-refractivity contribution in [2.24, 2.45) is 0 Å². The fraction of sp³-hybridized carbons (Fsp3) is 0.400. The number of anilines is 1. The lowest BCUT2D eigenvalue weighted by Gasteiger charge is -2.38. The predicted octanol–water partition coefficient (Wildman–Crippen LogP) is 2.26. The molecule has 1 atom stereocenters. The van der Waals surface area contributed by atoms with Gasteiger partial charge in [-0.3, -0.25) is 9.69 Å². The van der Waals surface area contributed by atoms with Crippen molar-refractivity contribution in [1.29, 1.82) is 0 Å². The molecule has 1 N–H and O–H groups in total. The highest BCUT2D eigenvalue weighted by atomic mass is 32.1. The summed E-state index contributed by atoms with van der Waals surface area (Å²) in [6, 6.07) is 6.95. The van der Waals surface area contributed by atoms with Crippen LogP contribution < -0.4 is 10.2 Å². The van der Waals surface area contributed by atoms with Gasteiger partial charge in [0.25, 0.3) is 5.91 Å². The molecule has 0 saturated carbocycles. The number of carbonyl (C=O) groups excluding carboxylic acids is 1. The highest BCUT2D eigenvalue weighted by Crippen LogP contribution is 2.27. The number of hydrogen-bond donors (Lipinski definition) is 1. The summed E-state index contributed by atoms with van der Waals surface area (Å²) in [5, 5.41) is 2.84. The highest BCUT2D eigenvalue weighted by molar-refractivity contribution is 7.16. The second-order valence-electron chi connectivity index (χ2n) is 7.31. The molecule has 5 rings (SSSR count). The van der Waals surface area contributed by atoms with Crippen LogP contribution >= 0.6 is 11.3 Å². The minimum absolute atomic E-state index is 0.0662. The number of thiazole rings is 1. The van der Waals surface area contributed by atoms with Crippen LogP contribution in [0.15, 0.2) is 29.9 Å². The topological polar surface area (TPSA) is 74.2 Å².